The van der Waals surface area contributed by atoms with Crippen LogP contribution in [0, 0.1) is 0 Å². The molecule has 0 heterocycles. The number of carbonyl (C=O) groups is 1. The molecule has 0 saturated carbocycles. The number of anilines is 2. The van der Waals surface area contributed by atoms with E-state index >= 15 is 0 Å². The summed E-state index contributed by atoms with van der Waals surface area (Å²) in [4.78, 5) is 10.8. The molecule has 0 aliphatic rings. The molecule has 1 aromatic rings. The second kappa shape index (κ2) is 5.62. The molecule has 1 rings (SSSR count). The predicted octanol–water partition coefficient (Wildman–Crippen LogP) is 1.36. The number of amides is 1. The van der Waals surface area contributed by atoms with E-state index in [4.69, 9.17) is 0 Å². The Hall–Kier alpha value is -1.63. The fourth-order valence-electron chi connectivity index (χ4n) is 1.11. The third-order valence-corrected chi connectivity index (χ3v) is 3.23. The maximum absolute atomic E-state index is 12.0. The predicted molar refractivity (Wildman–Crippen MR) is 64.1 cm³/mol. The van der Waals surface area contributed by atoms with E-state index in [0.29, 0.717) is 11.4 Å². The average Bonchev–Trinajstić information content (AvgIpc) is 2.29. The van der Waals surface area contributed by atoms with Crippen molar-refractivity contribution in [3.05, 3.63) is 24.3 Å². The van der Waals surface area contributed by atoms with E-state index in [-0.39, 0.29) is 5.75 Å². The molecule has 5 nitrogen and oxygen atoms in total. The molecule has 7 heteroatoms. The summed E-state index contributed by atoms with van der Waals surface area (Å²) in [5, 5.41) is 2.29. The topological polar surface area (TPSA) is 75.3 Å². The van der Waals surface area contributed by atoms with Gasteiger partial charge in [0.2, 0.25) is 10.0 Å². The molecular weight excluding hydrogens is 247 g/mol. The Morgan fingerprint density at radius 3 is 2.59 bits per heavy atom. The summed E-state index contributed by atoms with van der Waals surface area (Å²) in [6.07, 6.45) is 0. The van der Waals surface area contributed by atoms with Gasteiger partial charge in [-0.3, -0.25) is 9.52 Å². The van der Waals surface area contributed by atoms with Gasteiger partial charge < -0.3 is 5.32 Å². The van der Waals surface area contributed by atoms with Gasteiger partial charge >= 0.3 is 0 Å². The van der Waals surface area contributed by atoms with Gasteiger partial charge in [-0.2, -0.15) is 0 Å². The number of rotatable bonds is 5. The van der Waals surface area contributed by atoms with Crippen LogP contribution in [0.15, 0.2) is 24.3 Å². The van der Waals surface area contributed by atoms with Crippen LogP contribution in [0.4, 0.5) is 15.8 Å². The molecule has 0 spiro atoms. The number of halogens is 1. The number of sulfonamides is 1. The van der Waals surface area contributed by atoms with Crippen molar-refractivity contribution in [2.24, 2.45) is 0 Å². The van der Waals surface area contributed by atoms with E-state index in [1.54, 1.807) is 6.07 Å². The average molecular weight is 260 g/mol. The largest absolute Gasteiger partial charge is 0.324 e. The van der Waals surface area contributed by atoms with Crippen LogP contribution in [0.3, 0.4) is 0 Å². The summed E-state index contributed by atoms with van der Waals surface area (Å²) in [6.45, 7) is 0.391. The van der Waals surface area contributed by atoms with Crippen LogP contribution in [0.5, 0.6) is 0 Å². The van der Waals surface area contributed by atoms with Crippen LogP contribution in [-0.2, 0) is 14.8 Å². The van der Waals surface area contributed by atoms with Gasteiger partial charge in [0.05, 0.1) is 11.4 Å². The zero-order valence-electron chi connectivity index (χ0n) is 9.23. The first-order chi connectivity index (χ1) is 7.96. The Morgan fingerprint density at radius 1 is 1.35 bits per heavy atom. The lowest BCUT2D eigenvalue weighted by molar-refractivity contribution is -0.117. The monoisotopic (exact) mass is 260 g/mol. The molecule has 17 heavy (non-hydrogen) atoms. The minimum absolute atomic E-state index is 0.0476. The lowest BCUT2D eigenvalue weighted by Gasteiger charge is -2.08. The SMILES string of the molecule is CCS(=O)(=O)Nc1cccc(NC(=O)CF)c1. The van der Waals surface area contributed by atoms with Gasteiger partial charge in [0.25, 0.3) is 5.91 Å². The van der Waals surface area contributed by atoms with Crippen molar-refractivity contribution >= 4 is 27.3 Å². The number of carbonyl (C=O) groups excluding carboxylic acids is 1. The number of hydrogen-bond donors (Lipinski definition) is 2. The van der Waals surface area contributed by atoms with Gasteiger partial charge in [-0.05, 0) is 25.1 Å². The van der Waals surface area contributed by atoms with Crippen molar-refractivity contribution in [1.82, 2.24) is 0 Å². The number of nitrogens with one attached hydrogen (secondary N) is 2. The fourth-order valence-corrected chi connectivity index (χ4v) is 1.74. The molecule has 0 radical (unpaired) electrons. The molecule has 0 aliphatic carbocycles. The van der Waals surface area contributed by atoms with Crippen LogP contribution in [0.25, 0.3) is 0 Å². The molecule has 0 atom stereocenters. The molecule has 0 fully saturated rings. The van der Waals surface area contributed by atoms with E-state index < -0.39 is 22.6 Å². The van der Waals surface area contributed by atoms with Crippen molar-refractivity contribution in [3.63, 3.8) is 0 Å². The summed E-state index contributed by atoms with van der Waals surface area (Å²) >= 11 is 0. The Kier molecular flexibility index (Phi) is 4.45. The molecule has 1 amide bonds. The van der Waals surface area contributed by atoms with Crippen molar-refractivity contribution in [1.29, 1.82) is 0 Å². The van der Waals surface area contributed by atoms with E-state index in [1.165, 1.54) is 25.1 Å². The summed E-state index contributed by atoms with van der Waals surface area (Å²) in [5.41, 5.74) is 0.660. The van der Waals surface area contributed by atoms with Crippen LogP contribution >= 0.6 is 0 Å². The third-order valence-electron chi connectivity index (χ3n) is 1.92. The van der Waals surface area contributed by atoms with E-state index in [9.17, 15) is 17.6 Å². The lowest BCUT2D eigenvalue weighted by atomic mass is 10.3. The van der Waals surface area contributed by atoms with Crippen LogP contribution < -0.4 is 10.0 Å². The zero-order valence-corrected chi connectivity index (χ0v) is 10.1. The molecule has 0 aromatic heterocycles. The maximum Gasteiger partial charge on any atom is 0.255 e. The molecule has 0 saturated heterocycles. The molecule has 0 unspecified atom stereocenters. The van der Waals surface area contributed by atoms with Gasteiger partial charge in [0.15, 0.2) is 6.67 Å². The highest BCUT2D eigenvalue weighted by molar-refractivity contribution is 7.92. The molecule has 2 N–H and O–H groups in total. The standard InChI is InChI=1S/C10H13FN2O3S/c1-2-17(15,16)13-9-5-3-4-8(6-9)12-10(14)7-11/h3-6,13H,2,7H2,1H3,(H,12,14). The second-order valence-electron chi connectivity index (χ2n) is 3.27. The highest BCUT2D eigenvalue weighted by Crippen LogP contribution is 2.16. The Balaban J connectivity index is 2.83. The summed E-state index contributed by atoms with van der Waals surface area (Å²) in [7, 11) is -3.36. The number of hydrogen-bond acceptors (Lipinski definition) is 3. The molecule has 0 bridgehead atoms. The van der Waals surface area contributed by atoms with Crippen molar-refractivity contribution in [2.45, 2.75) is 6.92 Å². The second-order valence-corrected chi connectivity index (χ2v) is 5.28. The minimum Gasteiger partial charge on any atom is -0.324 e. The Morgan fingerprint density at radius 2 is 2.00 bits per heavy atom. The summed E-state index contributed by atoms with van der Waals surface area (Å²) in [5.74, 6) is -0.825. The maximum atomic E-state index is 12.0. The van der Waals surface area contributed by atoms with Crippen LogP contribution in [0.2, 0.25) is 0 Å². The first-order valence-corrected chi connectivity index (χ1v) is 6.58. The Labute approximate surface area is 99.1 Å². The Bertz CT molecular complexity index is 502. The van der Waals surface area contributed by atoms with Crippen LogP contribution in [-0.4, -0.2) is 26.8 Å². The van der Waals surface area contributed by atoms with Crippen molar-refractivity contribution in [2.75, 3.05) is 22.5 Å². The highest BCUT2D eigenvalue weighted by Gasteiger charge is 2.07. The van der Waals surface area contributed by atoms with Gasteiger partial charge in [-0.15, -0.1) is 0 Å². The first kappa shape index (κ1) is 13.4. The van der Waals surface area contributed by atoms with Crippen molar-refractivity contribution in [3.8, 4) is 0 Å². The third kappa shape index (κ3) is 4.39. The highest BCUT2D eigenvalue weighted by atomic mass is 32.2. The number of benzene rings is 1. The molecular formula is C10H13FN2O3S. The van der Waals surface area contributed by atoms with Gasteiger partial charge in [-0.25, -0.2) is 12.8 Å². The van der Waals surface area contributed by atoms with Crippen LogP contribution in [0.1, 0.15) is 6.92 Å². The lowest BCUT2D eigenvalue weighted by Crippen LogP contribution is -2.16. The molecule has 94 valence electrons. The zero-order chi connectivity index (χ0) is 12.9. The van der Waals surface area contributed by atoms with Gasteiger partial charge in [0.1, 0.15) is 0 Å². The van der Waals surface area contributed by atoms with Crippen molar-refractivity contribution < 1.29 is 17.6 Å². The first-order valence-electron chi connectivity index (χ1n) is 4.93. The summed E-state index contributed by atoms with van der Waals surface area (Å²) < 4.78 is 36.9. The minimum atomic E-state index is -3.36. The van der Waals surface area contributed by atoms with E-state index in [2.05, 4.69) is 10.0 Å². The van der Waals surface area contributed by atoms with Gasteiger partial charge in [0, 0.05) is 5.69 Å². The quantitative estimate of drug-likeness (QED) is 0.839. The normalized spacial score (nSPS) is 10.9. The summed E-state index contributed by atoms with van der Waals surface area (Å²) in [6, 6.07) is 6.05. The van der Waals surface area contributed by atoms with Gasteiger partial charge in [-0.1, -0.05) is 6.07 Å². The molecule has 1 aromatic carbocycles. The smallest absolute Gasteiger partial charge is 0.255 e. The molecule has 0 aliphatic heterocycles. The fraction of sp³-hybridized carbons (Fsp3) is 0.300. The van der Waals surface area contributed by atoms with E-state index in [0.717, 1.165) is 0 Å². The number of alkyl halides is 1. The van der Waals surface area contributed by atoms with E-state index in [1.807, 2.05) is 0 Å².